The van der Waals surface area contributed by atoms with Gasteiger partial charge in [-0.3, -0.25) is 0 Å². The van der Waals surface area contributed by atoms with Crippen LogP contribution in [0.1, 0.15) is 13.3 Å². The van der Waals surface area contributed by atoms with E-state index in [-0.39, 0.29) is 29.1 Å². The van der Waals surface area contributed by atoms with Crippen LogP contribution in [0.4, 0.5) is 4.39 Å². The van der Waals surface area contributed by atoms with Crippen LogP contribution in [-0.4, -0.2) is 40.5 Å². The molecule has 1 atom stereocenters. The first-order chi connectivity index (χ1) is 9.41. The number of sulfone groups is 1. The summed E-state index contributed by atoms with van der Waals surface area (Å²) in [5.41, 5.74) is 0. The van der Waals surface area contributed by atoms with Crippen LogP contribution >= 0.6 is 0 Å². The quantitative estimate of drug-likeness (QED) is 0.832. The second kappa shape index (κ2) is 5.97. The van der Waals surface area contributed by atoms with Gasteiger partial charge in [-0.1, -0.05) is 6.92 Å². The van der Waals surface area contributed by atoms with Gasteiger partial charge in [0.05, 0.1) is 4.90 Å². The van der Waals surface area contributed by atoms with Gasteiger partial charge in [0.2, 0.25) is 0 Å². The number of hydrogen-bond donors (Lipinski definition) is 1. The van der Waals surface area contributed by atoms with Gasteiger partial charge in [0, 0.05) is 18.9 Å². The van der Waals surface area contributed by atoms with Crippen molar-refractivity contribution in [3.8, 4) is 11.5 Å². The zero-order chi connectivity index (χ0) is 14.8. The molecule has 112 valence electrons. The second-order valence-electron chi connectivity index (χ2n) is 4.76. The van der Waals surface area contributed by atoms with Crippen LogP contribution in [0.15, 0.2) is 17.0 Å². The lowest BCUT2D eigenvalue weighted by Gasteiger charge is -2.27. The highest BCUT2D eigenvalue weighted by Gasteiger charge is 2.26. The molecular formula is C13H18FNO4S. The van der Waals surface area contributed by atoms with E-state index < -0.39 is 15.7 Å². The first kappa shape index (κ1) is 15.1. The Balaban J connectivity index is 2.20. The Morgan fingerprint density at radius 1 is 1.45 bits per heavy atom. The van der Waals surface area contributed by atoms with Crippen molar-refractivity contribution in [2.45, 2.75) is 24.3 Å². The normalized spacial score (nSPS) is 18.1. The van der Waals surface area contributed by atoms with Gasteiger partial charge in [0.1, 0.15) is 12.7 Å². The van der Waals surface area contributed by atoms with E-state index in [2.05, 4.69) is 5.32 Å². The minimum Gasteiger partial charge on any atom is -0.483 e. The summed E-state index contributed by atoms with van der Waals surface area (Å²) < 4.78 is 47.7. The molecule has 0 unspecified atom stereocenters. The maximum atomic E-state index is 13.8. The van der Waals surface area contributed by atoms with Crippen molar-refractivity contribution in [2.24, 2.45) is 0 Å². The van der Waals surface area contributed by atoms with Gasteiger partial charge in [-0.15, -0.1) is 0 Å². The number of hydrogen-bond acceptors (Lipinski definition) is 5. The van der Waals surface area contributed by atoms with Gasteiger partial charge in [-0.05, 0) is 19.0 Å². The summed E-state index contributed by atoms with van der Waals surface area (Å²) in [5, 5.41) is 3.18. The molecule has 0 amide bonds. The molecule has 5 nitrogen and oxygen atoms in total. The number of benzene rings is 1. The van der Waals surface area contributed by atoms with E-state index in [1.54, 1.807) is 0 Å². The molecule has 2 rings (SSSR count). The Morgan fingerprint density at radius 3 is 2.85 bits per heavy atom. The minimum atomic E-state index is -3.49. The average molecular weight is 303 g/mol. The molecule has 0 aliphatic carbocycles. The average Bonchev–Trinajstić information content (AvgIpc) is 2.37. The van der Waals surface area contributed by atoms with Crippen molar-refractivity contribution in [1.29, 1.82) is 0 Å². The highest BCUT2D eigenvalue weighted by molar-refractivity contribution is 7.90. The summed E-state index contributed by atoms with van der Waals surface area (Å²) in [4.78, 5) is -0.112. The minimum absolute atomic E-state index is 0.0239. The monoisotopic (exact) mass is 303 g/mol. The number of ether oxygens (including phenoxy) is 2. The van der Waals surface area contributed by atoms with Gasteiger partial charge in [0.15, 0.2) is 27.2 Å². The summed E-state index contributed by atoms with van der Waals surface area (Å²) in [6.07, 6.45) is 1.76. The highest BCUT2D eigenvalue weighted by atomic mass is 32.2. The van der Waals surface area contributed by atoms with Crippen LogP contribution in [0.25, 0.3) is 0 Å². The zero-order valence-electron chi connectivity index (χ0n) is 11.5. The first-order valence-corrected chi connectivity index (χ1v) is 8.34. The van der Waals surface area contributed by atoms with E-state index in [0.717, 1.165) is 25.3 Å². The lowest BCUT2D eigenvalue weighted by molar-refractivity contribution is 0.0858. The lowest BCUT2D eigenvalue weighted by atomic mass is 10.2. The smallest absolute Gasteiger partial charge is 0.197 e. The summed E-state index contributed by atoms with van der Waals surface area (Å²) in [6, 6.07) is 2.26. The summed E-state index contributed by atoms with van der Waals surface area (Å²) in [6.45, 7) is 3.70. The summed E-state index contributed by atoms with van der Waals surface area (Å²) >= 11 is 0. The van der Waals surface area contributed by atoms with E-state index in [0.29, 0.717) is 6.54 Å². The van der Waals surface area contributed by atoms with E-state index in [9.17, 15) is 12.8 Å². The highest BCUT2D eigenvalue weighted by Crippen LogP contribution is 2.36. The molecule has 1 aliphatic heterocycles. The largest absolute Gasteiger partial charge is 0.483 e. The fourth-order valence-electron chi connectivity index (χ4n) is 1.92. The number of halogens is 1. The van der Waals surface area contributed by atoms with Crippen LogP contribution < -0.4 is 14.8 Å². The van der Waals surface area contributed by atoms with Gasteiger partial charge < -0.3 is 14.8 Å². The first-order valence-electron chi connectivity index (χ1n) is 6.45. The maximum absolute atomic E-state index is 13.8. The molecule has 0 radical (unpaired) electrons. The Morgan fingerprint density at radius 2 is 2.20 bits per heavy atom. The Labute approximate surface area is 118 Å². The fraction of sp³-hybridized carbons (Fsp3) is 0.538. The predicted octanol–water partition coefficient (Wildman–Crippen LogP) is 1.37. The van der Waals surface area contributed by atoms with Crippen molar-refractivity contribution in [3.05, 3.63) is 17.9 Å². The summed E-state index contributed by atoms with van der Waals surface area (Å²) in [7, 11) is -3.49. The third kappa shape index (κ3) is 3.40. The topological polar surface area (TPSA) is 64.6 Å². The van der Waals surface area contributed by atoms with E-state index >= 15 is 0 Å². The summed E-state index contributed by atoms with van der Waals surface area (Å²) in [5.74, 6) is -0.605. The molecule has 1 aliphatic rings. The molecular weight excluding hydrogens is 285 g/mol. The van der Waals surface area contributed by atoms with Gasteiger partial charge in [-0.25, -0.2) is 12.8 Å². The van der Waals surface area contributed by atoms with E-state index in [1.165, 1.54) is 6.07 Å². The molecule has 20 heavy (non-hydrogen) atoms. The second-order valence-corrected chi connectivity index (χ2v) is 6.78. The standard InChI is InChI=1S/C13H18FNO4S/c1-3-4-15-7-9-8-18-13-11(14)5-10(20(2,16)17)6-12(13)19-9/h5-6,9,15H,3-4,7-8H2,1-2H3/t9-/m0/s1. The SMILES string of the molecule is CCCNC[C@H]1COc2c(F)cc(S(C)(=O)=O)cc2O1. The molecule has 0 bridgehead atoms. The molecule has 7 heteroatoms. The van der Waals surface area contributed by atoms with Gasteiger partial charge in [-0.2, -0.15) is 0 Å². The van der Waals surface area contributed by atoms with Crippen LogP contribution in [-0.2, 0) is 9.84 Å². The lowest BCUT2D eigenvalue weighted by Crippen LogP contribution is -2.39. The van der Waals surface area contributed by atoms with E-state index in [1.807, 2.05) is 6.92 Å². The van der Waals surface area contributed by atoms with Crippen molar-refractivity contribution in [3.63, 3.8) is 0 Å². The number of rotatable bonds is 5. The molecule has 1 aromatic carbocycles. The number of fused-ring (bicyclic) bond motifs is 1. The van der Waals surface area contributed by atoms with E-state index in [4.69, 9.17) is 9.47 Å². The molecule has 1 heterocycles. The zero-order valence-corrected chi connectivity index (χ0v) is 12.3. The van der Waals surface area contributed by atoms with Crippen LogP contribution in [0, 0.1) is 5.82 Å². The molecule has 0 saturated heterocycles. The van der Waals surface area contributed by atoms with Crippen molar-refractivity contribution < 1.29 is 22.3 Å². The molecule has 1 aromatic rings. The molecule has 1 N–H and O–H groups in total. The third-order valence-corrected chi connectivity index (χ3v) is 4.01. The van der Waals surface area contributed by atoms with Crippen molar-refractivity contribution in [1.82, 2.24) is 5.32 Å². The molecule has 0 fully saturated rings. The third-order valence-electron chi connectivity index (χ3n) is 2.92. The Hall–Kier alpha value is -1.34. The van der Waals surface area contributed by atoms with Crippen LogP contribution in [0.2, 0.25) is 0 Å². The molecule has 0 aromatic heterocycles. The molecule has 0 saturated carbocycles. The van der Waals surface area contributed by atoms with Crippen molar-refractivity contribution >= 4 is 9.84 Å². The fourth-order valence-corrected chi connectivity index (χ4v) is 2.56. The molecule has 0 spiro atoms. The maximum Gasteiger partial charge on any atom is 0.197 e. The predicted molar refractivity (Wildman–Crippen MR) is 72.6 cm³/mol. The Kier molecular flexibility index (Phi) is 4.49. The van der Waals surface area contributed by atoms with Crippen LogP contribution in [0.5, 0.6) is 11.5 Å². The van der Waals surface area contributed by atoms with Crippen LogP contribution in [0.3, 0.4) is 0 Å². The number of nitrogens with one attached hydrogen (secondary N) is 1. The van der Waals surface area contributed by atoms with Gasteiger partial charge >= 0.3 is 0 Å². The van der Waals surface area contributed by atoms with Crippen molar-refractivity contribution in [2.75, 3.05) is 26.0 Å². The van der Waals surface area contributed by atoms with Gasteiger partial charge in [0.25, 0.3) is 0 Å². The Bertz CT molecular complexity index is 588.